The Morgan fingerprint density at radius 1 is 1.19 bits per heavy atom. The first-order chi connectivity index (χ1) is 9.79. The first-order valence-corrected chi connectivity index (χ1v) is 9.10. The third kappa shape index (κ3) is 4.09. The Balaban J connectivity index is 2.25. The summed E-state index contributed by atoms with van der Waals surface area (Å²) in [5.41, 5.74) is 1.57. The van der Waals surface area contributed by atoms with Crippen LogP contribution in [0, 0.1) is 13.8 Å². The number of nitrogens with one attached hydrogen (secondary N) is 1. The van der Waals surface area contributed by atoms with Gasteiger partial charge in [0.05, 0.1) is 17.1 Å². The first kappa shape index (κ1) is 16.5. The average Bonchev–Trinajstić information content (AvgIpc) is 2.41. The summed E-state index contributed by atoms with van der Waals surface area (Å²) >= 11 is 6.63. The normalized spacial score (nSPS) is 11.6. The maximum atomic E-state index is 12.4. The zero-order chi connectivity index (χ0) is 15.6. The Labute approximate surface area is 140 Å². The number of rotatable bonds is 4. The van der Waals surface area contributed by atoms with Crippen molar-refractivity contribution < 1.29 is 8.42 Å². The third-order valence-corrected chi connectivity index (χ3v) is 5.99. The minimum Gasteiger partial charge on any atom is -0.242 e. The number of hydrogen-bond acceptors (Lipinski definition) is 4. The molecule has 0 aliphatic carbocycles. The van der Waals surface area contributed by atoms with Crippen molar-refractivity contribution in [2.75, 3.05) is 0 Å². The molecule has 0 unspecified atom stereocenters. The van der Waals surface area contributed by atoms with Crippen LogP contribution in [0.4, 0.5) is 0 Å². The summed E-state index contributed by atoms with van der Waals surface area (Å²) in [5, 5.41) is 0. The molecule has 1 aromatic heterocycles. The molecule has 1 aromatic carbocycles. The quantitative estimate of drug-likeness (QED) is 0.802. The number of nitrogens with zero attached hydrogens (tertiary/aromatic N) is 2. The van der Waals surface area contributed by atoms with Crippen molar-refractivity contribution in [2.45, 2.75) is 25.3 Å². The molecule has 2 aromatic rings. The van der Waals surface area contributed by atoms with Gasteiger partial charge in [0.25, 0.3) is 0 Å². The van der Waals surface area contributed by atoms with Gasteiger partial charge in [-0.2, -0.15) is 0 Å². The van der Waals surface area contributed by atoms with Gasteiger partial charge in [0.15, 0.2) is 0 Å². The second-order valence-corrected chi connectivity index (χ2v) is 7.90. The molecule has 0 spiro atoms. The van der Waals surface area contributed by atoms with Crippen molar-refractivity contribution in [3.05, 3.63) is 50.4 Å². The van der Waals surface area contributed by atoms with Gasteiger partial charge in [0.1, 0.15) is 5.82 Å². The van der Waals surface area contributed by atoms with Crippen LogP contribution >= 0.6 is 31.9 Å². The minimum absolute atomic E-state index is 0.115. The van der Waals surface area contributed by atoms with Crippen molar-refractivity contribution in [1.29, 1.82) is 0 Å². The number of aromatic nitrogens is 2. The van der Waals surface area contributed by atoms with Gasteiger partial charge in [-0.05, 0) is 53.5 Å². The molecule has 0 radical (unpaired) electrons. The summed E-state index contributed by atoms with van der Waals surface area (Å²) in [5.74, 6) is 0.603. The zero-order valence-electron chi connectivity index (χ0n) is 11.4. The monoisotopic (exact) mass is 433 g/mol. The van der Waals surface area contributed by atoms with Crippen LogP contribution in [0.2, 0.25) is 0 Å². The third-order valence-electron chi connectivity index (χ3n) is 2.78. The van der Waals surface area contributed by atoms with Crippen LogP contribution in [0.5, 0.6) is 0 Å². The van der Waals surface area contributed by atoms with E-state index < -0.39 is 10.0 Å². The smallest absolute Gasteiger partial charge is 0.242 e. The molecule has 5 nitrogen and oxygen atoms in total. The highest BCUT2D eigenvalue weighted by atomic mass is 79.9. The Hall–Kier alpha value is -0.830. The first-order valence-electron chi connectivity index (χ1n) is 6.03. The second-order valence-electron chi connectivity index (χ2n) is 4.45. The minimum atomic E-state index is -3.63. The van der Waals surface area contributed by atoms with Crippen LogP contribution in [0.1, 0.15) is 17.1 Å². The molecule has 0 aliphatic heterocycles. The molecule has 0 fully saturated rings. The van der Waals surface area contributed by atoms with E-state index in [-0.39, 0.29) is 11.4 Å². The van der Waals surface area contributed by atoms with E-state index in [1.165, 1.54) is 0 Å². The maximum absolute atomic E-state index is 12.4. The predicted molar refractivity (Wildman–Crippen MR) is 87.4 cm³/mol. The predicted octanol–water partition coefficient (Wildman–Crippen LogP) is 3.10. The number of halogens is 2. The van der Waals surface area contributed by atoms with E-state index in [0.29, 0.717) is 16.0 Å². The lowest BCUT2D eigenvalue weighted by atomic mass is 10.2. The summed E-state index contributed by atoms with van der Waals surface area (Å²) in [6.07, 6.45) is 1.60. The number of benzene rings is 1. The van der Waals surface area contributed by atoms with Crippen molar-refractivity contribution >= 4 is 41.9 Å². The van der Waals surface area contributed by atoms with E-state index in [2.05, 4.69) is 46.5 Å². The average molecular weight is 435 g/mol. The fourth-order valence-corrected chi connectivity index (χ4v) is 4.36. The van der Waals surface area contributed by atoms with Crippen LogP contribution in [0.3, 0.4) is 0 Å². The van der Waals surface area contributed by atoms with E-state index in [0.717, 1.165) is 10.0 Å². The van der Waals surface area contributed by atoms with Gasteiger partial charge >= 0.3 is 0 Å². The van der Waals surface area contributed by atoms with E-state index in [9.17, 15) is 8.42 Å². The Bertz CT molecular complexity index is 779. The summed E-state index contributed by atoms with van der Waals surface area (Å²) in [4.78, 5) is 8.33. The van der Waals surface area contributed by atoms with Crippen molar-refractivity contribution in [2.24, 2.45) is 0 Å². The highest BCUT2D eigenvalue weighted by Gasteiger charge is 2.19. The Morgan fingerprint density at radius 3 is 2.57 bits per heavy atom. The van der Waals surface area contributed by atoms with Crippen molar-refractivity contribution in [3.8, 4) is 0 Å². The van der Waals surface area contributed by atoms with Gasteiger partial charge in [-0.1, -0.05) is 15.9 Å². The van der Waals surface area contributed by atoms with Crippen molar-refractivity contribution in [3.63, 3.8) is 0 Å². The molecule has 8 heteroatoms. The van der Waals surface area contributed by atoms with E-state index in [1.54, 1.807) is 31.3 Å². The molecule has 0 amide bonds. The molecular formula is C13H13Br2N3O2S. The molecule has 21 heavy (non-hydrogen) atoms. The maximum Gasteiger partial charge on any atom is 0.242 e. The Kier molecular flexibility index (Phi) is 5.13. The molecule has 0 aliphatic rings. The molecule has 0 atom stereocenters. The Morgan fingerprint density at radius 2 is 1.90 bits per heavy atom. The van der Waals surface area contributed by atoms with Gasteiger partial charge in [-0.15, -0.1) is 0 Å². The molecule has 112 valence electrons. The highest BCUT2D eigenvalue weighted by molar-refractivity contribution is 9.11. The molecule has 0 bridgehead atoms. The highest BCUT2D eigenvalue weighted by Crippen LogP contribution is 2.28. The lowest BCUT2D eigenvalue weighted by Gasteiger charge is -2.10. The number of sulfonamides is 1. The lowest BCUT2D eigenvalue weighted by molar-refractivity contribution is 0.579. The van der Waals surface area contributed by atoms with E-state index in [1.807, 2.05) is 6.92 Å². The van der Waals surface area contributed by atoms with Gasteiger partial charge in [-0.3, -0.25) is 0 Å². The molecule has 1 heterocycles. The molecule has 2 rings (SSSR count). The standard InChI is InChI=1S/C13H13Br2N3O2S/c1-8-5-12(15)13(6-11(8)14)21(19,20)17-7-10-3-4-16-9(2)18-10/h3-6,17H,7H2,1-2H3. The van der Waals surface area contributed by atoms with Crippen LogP contribution in [0.25, 0.3) is 0 Å². The summed E-state index contributed by atoms with van der Waals surface area (Å²) in [6, 6.07) is 5.01. The van der Waals surface area contributed by atoms with Crippen LogP contribution in [0.15, 0.2) is 38.2 Å². The van der Waals surface area contributed by atoms with Gasteiger partial charge in [0, 0.05) is 15.1 Å². The van der Waals surface area contributed by atoms with Gasteiger partial charge in [0.2, 0.25) is 10.0 Å². The van der Waals surface area contributed by atoms with E-state index >= 15 is 0 Å². The van der Waals surface area contributed by atoms with Crippen LogP contribution < -0.4 is 4.72 Å². The fourth-order valence-electron chi connectivity index (χ4n) is 1.68. The van der Waals surface area contributed by atoms with Gasteiger partial charge in [-0.25, -0.2) is 23.1 Å². The number of aryl methyl sites for hydroxylation is 2. The fraction of sp³-hybridized carbons (Fsp3) is 0.231. The lowest BCUT2D eigenvalue weighted by Crippen LogP contribution is -2.24. The molecular weight excluding hydrogens is 422 g/mol. The molecule has 0 saturated carbocycles. The second kappa shape index (κ2) is 6.51. The topological polar surface area (TPSA) is 72.0 Å². The number of hydrogen-bond donors (Lipinski definition) is 1. The molecule has 1 N–H and O–H groups in total. The van der Waals surface area contributed by atoms with Crippen LogP contribution in [-0.2, 0) is 16.6 Å². The zero-order valence-corrected chi connectivity index (χ0v) is 15.4. The summed E-state index contributed by atoms with van der Waals surface area (Å²) in [7, 11) is -3.63. The summed E-state index contributed by atoms with van der Waals surface area (Å²) < 4.78 is 28.5. The van der Waals surface area contributed by atoms with Crippen LogP contribution in [-0.4, -0.2) is 18.4 Å². The SMILES string of the molecule is Cc1nccc(CNS(=O)(=O)c2cc(Br)c(C)cc2Br)n1. The summed E-state index contributed by atoms with van der Waals surface area (Å²) in [6.45, 7) is 3.76. The van der Waals surface area contributed by atoms with E-state index in [4.69, 9.17) is 0 Å². The largest absolute Gasteiger partial charge is 0.242 e. The van der Waals surface area contributed by atoms with Crippen molar-refractivity contribution in [1.82, 2.24) is 14.7 Å². The molecule has 0 saturated heterocycles. The van der Waals surface area contributed by atoms with Gasteiger partial charge < -0.3 is 0 Å².